The molecule has 0 aliphatic heterocycles. The monoisotopic (exact) mass is 160 g/mol. The predicted octanol–water partition coefficient (Wildman–Crippen LogP) is 2.52. The van der Waals surface area contributed by atoms with E-state index in [9.17, 15) is 4.79 Å². The predicted molar refractivity (Wildman–Crippen MR) is 48.0 cm³/mol. The van der Waals surface area contributed by atoms with E-state index in [1.807, 2.05) is 18.2 Å². The second-order valence-corrected chi connectivity index (χ2v) is 3.39. The Labute approximate surface area is 72.4 Å². The average Bonchev–Trinajstić information content (AvgIpc) is 2.54. The molecule has 62 valence electrons. The number of carbonyl (C=O) groups excluding carboxylic acids is 1. The second kappa shape index (κ2) is 3.10. The molecule has 0 radical (unpaired) electrons. The van der Waals surface area contributed by atoms with Crippen molar-refractivity contribution in [2.24, 2.45) is 0 Å². The Morgan fingerprint density at radius 3 is 2.50 bits per heavy atom. The summed E-state index contributed by atoms with van der Waals surface area (Å²) in [4.78, 5) is 11.0. The van der Waals surface area contributed by atoms with Crippen LogP contribution in [0, 0.1) is 0 Å². The number of hydrogen-bond donors (Lipinski definition) is 0. The standard InChI is InChI=1S/C11H12O/c12-11-7-6-10(8-11)9-4-2-1-3-5-9/h1-5,10H,6-8H2/t10-/m0/s1. The molecule has 0 saturated heterocycles. The molecule has 2 rings (SSSR count). The zero-order chi connectivity index (χ0) is 8.39. The number of ketones is 1. The van der Waals surface area contributed by atoms with E-state index in [0.717, 1.165) is 19.3 Å². The minimum atomic E-state index is 0.420. The van der Waals surface area contributed by atoms with Crippen molar-refractivity contribution in [3.05, 3.63) is 35.9 Å². The van der Waals surface area contributed by atoms with Gasteiger partial charge in [0.25, 0.3) is 0 Å². The molecule has 1 heteroatoms. The molecule has 1 atom stereocenters. The van der Waals surface area contributed by atoms with Crippen LogP contribution in [0.25, 0.3) is 0 Å². The first-order valence-electron chi connectivity index (χ1n) is 4.43. The molecule has 1 aliphatic rings. The van der Waals surface area contributed by atoms with E-state index in [2.05, 4.69) is 12.1 Å². The van der Waals surface area contributed by atoms with Gasteiger partial charge in [-0.15, -0.1) is 0 Å². The Morgan fingerprint density at radius 1 is 1.17 bits per heavy atom. The van der Waals surface area contributed by atoms with Gasteiger partial charge in [0.05, 0.1) is 0 Å². The zero-order valence-electron chi connectivity index (χ0n) is 6.99. The molecule has 1 aromatic carbocycles. The lowest BCUT2D eigenvalue weighted by Gasteiger charge is -2.06. The van der Waals surface area contributed by atoms with Gasteiger partial charge >= 0.3 is 0 Å². The first-order chi connectivity index (χ1) is 5.86. The lowest BCUT2D eigenvalue weighted by atomic mass is 9.98. The zero-order valence-corrected chi connectivity index (χ0v) is 6.99. The van der Waals surface area contributed by atoms with Gasteiger partial charge in [-0.1, -0.05) is 30.3 Å². The van der Waals surface area contributed by atoms with Gasteiger partial charge < -0.3 is 0 Å². The molecule has 0 N–H and O–H groups in total. The van der Waals surface area contributed by atoms with Gasteiger partial charge in [-0.3, -0.25) is 4.79 Å². The quantitative estimate of drug-likeness (QED) is 0.617. The molecule has 0 bridgehead atoms. The topological polar surface area (TPSA) is 17.1 Å². The summed E-state index contributed by atoms with van der Waals surface area (Å²) >= 11 is 0. The molecule has 1 fully saturated rings. The molecule has 1 aliphatic carbocycles. The molecule has 0 amide bonds. The van der Waals surface area contributed by atoms with Crippen LogP contribution in [0.15, 0.2) is 30.3 Å². The highest BCUT2D eigenvalue weighted by molar-refractivity contribution is 5.81. The SMILES string of the molecule is O=C1CC[C@H](c2ccccc2)C1. The second-order valence-electron chi connectivity index (χ2n) is 3.39. The molecule has 0 spiro atoms. The minimum absolute atomic E-state index is 0.420. The van der Waals surface area contributed by atoms with E-state index in [0.29, 0.717) is 11.7 Å². The first-order valence-corrected chi connectivity index (χ1v) is 4.43. The van der Waals surface area contributed by atoms with E-state index in [1.54, 1.807) is 0 Å². The van der Waals surface area contributed by atoms with Gasteiger partial charge in [-0.2, -0.15) is 0 Å². The molecular formula is C11H12O. The number of rotatable bonds is 1. The van der Waals surface area contributed by atoms with Crippen molar-refractivity contribution in [1.29, 1.82) is 0 Å². The van der Waals surface area contributed by atoms with Crippen LogP contribution in [0.3, 0.4) is 0 Å². The third-order valence-electron chi connectivity index (χ3n) is 2.52. The summed E-state index contributed by atoms with van der Waals surface area (Å²) in [6.45, 7) is 0. The maximum atomic E-state index is 11.0. The van der Waals surface area contributed by atoms with Crippen molar-refractivity contribution in [3.63, 3.8) is 0 Å². The van der Waals surface area contributed by atoms with Gasteiger partial charge in [0.2, 0.25) is 0 Å². The molecule has 0 heterocycles. The van der Waals surface area contributed by atoms with Gasteiger partial charge in [0, 0.05) is 12.8 Å². The van der Waals surface area contributed by atoms with E-state index in [4.69, 9.17) is 0 Å². The van der Waals surface area contributed by atoms with Gasteiger partial charge in [0.1, 0.15) is 5.78 Å². The van der Waals surface area contributed by atoms with Crippen LogP contribution in [0.1, 0.15) is 30.7 Å². The lowest BCUT2D eigenvalue weighted by molar-refractivity contribution is -0.117. The largest absolute Gasteiger partial charge is 0.300 e. The van der Waals surface area contributed by atoms with E-state index < -0.39 is 0 Å². The highest BCUT2D eigenvalue weighted by atomic mass is 16.1. The van der Waals surface area contributed by atoms with Crippen molar-refractivity contribution in [1.82, 2.24) is 0 Å². The van der Waals surface area contributed by atoms with Crippen molar-refractivity contribution in [2.75, 3.05) is 0 Å². The lowest BCUT2D eigenvalue weighted by Crippen LogP contribution is -1.93. The Morgan fingerprint density at radius 2 is 1.92 bits per heavy atom. The van der Waals surface area contributed by atoms with Crippen LogP contribution in [0.5, 0.6) is 0 Å². The Kier molecular flexibility index (Phi) is 1.94. The van der Waals surface area contributed by atoms with Crippen LogP contribution in [0.4, 0.5) is 0 Å². The van der Waals surface area contributed by atoms with Crippen molar-refractivity contribution in [2.45, 2.75) is 25.2 Å². The highest BCUT2D eigenvalue weighted by Crippen LogP contribution is 2.31. The fraction of sp³-hybridized carbons (Fsp3) is 0.364. The molecule has 0 unspecified atom stereocenters. The van der Waals surface area contributed by atoms with Crippen LogP contribution in [-0.2, 0) is 4.79 Å². The maximum Gasteiger partial charge on any atom is 0.133 e. The molecule has 1 aromatic rings. The van der Waals surface area contributed by atoms with Crippen LogP contribution in [0.2, 0.25) is 0 Å². The Hall–Kier alpha value is -1.11. The summed E-state index contributed by atoms with van der Waals surface area (Å²) in [5.74, 6) is 0.919. The van der Waals surface area contributed by atoms with Gasteiger partial charge in [-0.25, -0.2) is 0 Å². The minimum Gasteiger partial charge on any atom is -0.300 e. The average molecular weight is 160 g/mol. The smallest absolute Gasteiger partial charge is 0.133 e. The summed E-state index contributed by atoms with van der Waals surface area (Å²) in [5, 5.41) is 0. The fourth-order valence-corrected chi connectivity index (χ4v) is 1.82. The van der Waals surface area contributed by atoms with E-state index in [1.165, 1.54) is 5.56 Å². The van der Waals surface area contributed by atoms with Gasteiger partial charge in [-0.05, 0) is 17.9 Å². The van der Waals surface area contributed by atoms with Crippen LogP contribution < -0.4 is 0 Å². The molecule has 0 aromatic heterocycles. The molecule has 12 heavy (non-hydrogen) atoms. The molecule has 1 saturated carbocycles. The van der Waals surface area contributed by atoms with Crippen LogP contribution in [-0.4, -0.2) is 5.78 Å². The molecule has 1 nitrogen and oxygen atoms in total. The number of hydrogen-bond acceptors (Lipinski definition) is 1. The Balaban J connectivity index is 2.16. The highest BCUT2D eigenvalue weighted by Gasteiger charge is 2.22. The molecular weight excluding hydrogens is 148 g/mol. The number of benzene rings is 1. The van der Waals surface area contributed by atoms with Crippen LogP contribution >= 0.6 is 0 Å². The first kappa shape index (κ1) is 7.53. The van der Waals surface area contributed by atoms with Crippen molar-refractivity contribution in [3.8, 4) is 0 Å². The summed E-state index contributed by atoms with van der Waals surface area (Å²) in [5.41, 5.74) is 1.32. The summed E-state index contributed by atoms with van der Waals surface area (Å²) in [7, 11) is 0. The van der Waals surface area contributed by atoms with E-state index in [-0.39, 0.29) is 0 Å². The third-order valence-corrected chi connectivity index (χ3v) is 2.52. The third kappa shape index (κ3) is 1.40. The number of carbonyl (C=O) groups is 1. The number of Topliss-reactive ketones (excluding diaryl/α,β-unsaturated/α-hetero) is 1. The normalized spacial score (nSPS) is 23.0. The van der Waals surface area contributed by atoms with Gasteiger partial charge in [0.15, 0.2) is 0 Å². The van der Waals surface area contributed by atoms with Crippen molar-refractivity contribution < 1.29 is 4.79 Å². The van der Waals surface area contributed by atoms with Crippen molar-refractivity contribution >= 4 is 5.78 Å². The summed E-state index contributed by atoms with van der Waals surface area (Å²) in [6.07, 6.45) is 2.58. The fourth-order valence-electron chi connectivity index (χ4n) is 1.82. The summed E-state index contributed by atoms with van der Waals surface area (Å²) in [6, 6.07) is 10.3. The Bertz CT molecular complexity index is 276. The summed E-state index contributed by atoms with van der Waals surface area (Å²) < 4.78 is 0. The van der Waals surface area contributed by atoms with E-state index >= 15 is 0 Å². The maximum absolute atomic E-state index is 11.0.